The van der Waals surface area contributed by atoms with Gasteiger partial charge in [-0.05, 0) is 30.7 Å². The number of benzene rings is 1. The van der Waals surface area contributed by atoms with Gasteiger partial charge in [-0.25, -0.2) is 0 Å². The van der Waals surface area contributed by atoms with Crippen molar-refractivity contribution in [3.05, 3.63) is 28.8 Å². The van der Waals surface area contributed by atoms with Gasteiger partial charge < -0.3 is 10.6 Å². The summed E-state index contributed by atoms with van der Waals surface area (Å²) in [5.41, 5.74) is 6.72. The third kappa shape index (κ3) is 3.60. The third-order valence-electron chi connectivity index (χ3n) is 2.45. The van der Waals surface area contributed by atoms with Gasteiger partial charge in [0.15, 0.2) is 4.34 Å². The average Bonchev–Trinajstić information content (AvgIpc) is 2.82. The largest absolute Gasteiger partial charge is 0.353 e. The van der Waals surface area contributed by atoms with Crippen LogP contribution in [0.15, 0.2) is 27.4 Å². The van der Waals surface area contributed by atoms with E-state index in [0.29, 0.717) is 6.54 Å². The molecule has 0 saturated heterocycles. The highest BCUT2D eigenvalue weighted by atomic mass is 35.5. The summed E-state index contributed by atoms with van der Waals surface area (Å²) in [6.45, 7) is 0.580. The highest BCUT2D eigenvalue weighted by Gasteiger charge is 2.12. The molecule has 1 aromatic heterocycles. The van der Waals surface area contributed by atoms with Crippen molar-refractivity contribution in [2.45, 2.75) is 15.7 Å². The number of hydrogen-bond acceptors (Lipinski definition) is 6. The highest BCUT2D eigenvalue weighted by Crippen LogP contribution is 2.36. The Morgan fingerprint density at radius 2 is 2.16 bits per heavy atom. The Morgan fingerprint density at radius 1 is 1.37 bits per heavy atom. The molecule has 0 aliphatic carbocycles. The second-order valence-electron chi connectivity index (χ2n) is 4.10. The van der Waals surface area contributed by atoms with Gasteiger partial charge >= 0.3 is 0 Å². The maximum absolute atomic E-state index is 6.22. The molecule has 0 atom stereocenters. The molecule has 0 spiro atoms. The Morgan fingerprint density at radius 3 is 2.79 bits per heavy atom. The lowest BCUT2D eigenvalue weighted by atomic mass is 10.1. The van der Waals surface area contributed by atoms with Crippen LogP contribution in [0.5, 0.6) is 0 Å². The van der Waals surface area contributed by atoms with E-state index in [-0.39, 0.29) is 0 Å². The zero-order chi connectivity index (χ0) is 13.8. The topological polar surface area (TPSA) is 55.0 Å². The number of anilines is 1. The van der Waals surface area contributed by atoms with E-state index >= 15 is 0 Å². The summed E-state index contributed by atoms with van der Waals surface area (Å²) in [4.78, 5) is 3.04. The maximum Gasteiger partial charge on any atom is 0.208 e. The van der Waals surface area contributed by atoms with Crippen LogP contribution in [0.4, 0.5) is 5.13 Å². The fraction of sp³-hybridized carbons (Fsp3) is 0.333. The van der Waals surface area contributed by atoms with Crippen molar-refractivity contribution in [2.24, 2.45) is 5.73 Å². The van der Waals surface area contributed by atoms with Crippen LogP contribution in [-0.4, -0.2) is 30.8 Å². The first-order valence-corrected chi connectivity index (χ1v) is 7.79. The Bertz CT molecular complexity index is 556. The molecule has 0 aliphatic rings. The molecule has 0 amide bonds. The van der Waals surface area contributed by atoms with Crippen LogP contribution in [0.25, 0.3) is 0 Å². The predicted molar refractivity (Wildman–Crippen MR) is 82.6 cm³/mol. The van der Waals surface area contributed by atoms with Gasteiger partial charge in [0.25, 0.3) is 0 Å². The smallest absolute Gasteiger partial charge is 0.208 e. The van der Waals surface area contributed by atoms with Crippen LogP contribution < -0.4 is 10.6 Å². The van der Waals surface area contributed by atoms with Gasteiger partial charge in [-0.2, -0.15) is 0 Å². The van der Waals surface area contributed by atoms with Crippen LogP contribution in [0, 0.1) is 0 Å². The minimum Gasteiger partial charge on any atom is -0.353 e. The molecule has 4 nitrogen and oxygen atoms in total. The van der Waals surface area contributed by atoms with Crippen LogP contribution in [-0.2, 0) is 6.42 Å². The first-order valence-electron chi connectivity index (χ1n) is 5.78. The molecule has 0 radical (unpaired) electrons. The molecule has 0 bridgehead atoms. The molecule has 0 fully saturated rings. The molecule has 0 saturated carbocycles. The number of nitrogens with zero attached hydrogens (tertiary/aromatic N) is 3. The number of rotatable bonds is 5. The van der Waals surface area contributed by atoms with Crippen molar-refractivity contribution in [3.8, 4) is 0 Å². The Labute approximate surface area is 126 Å². The van der Waals surface area contributed by atoms with E-state index < -0.39 is 0 Å². The van der Waals surface area contributed by atoms with Gasteiger partial charge in [-0.3, -0.25) is 0 Å². The Hall–Kier alpha value is -0.820. The molecule has 2 rings (SSSR count). The number of hydrogen-bond donors (Lipinski definition) is 1. The van der Waals surface area contributed by atoms with Gasteiger partial charge in [-0.15, -0.1) is 10.2 Å². The summed E-state index contributed by atoms with van der Waals surface area (Å²) in [5.74, 6) is 0. The minimum atomic E-state index is 0.580. The molecule has 19 heavy (non-hydrogen) atoms. The van der Waals surface area contributed by atoms with Gasteiger partial charge in [0.1, 0.15) is 0 Å². The summed E-state index contributed by atoms with van der Waals surface area (Å²) in [6, 6.07) is 5.87. The summed E-state index contributed by atoms with van der Waals surface area (Å²) < 4.78 is 0.907. The summed E-state index contributed by atoms with van der Waals surface area (Å²) in [6.07, 6.45) is 0.765. The molecular formula is C12H15ClN4S2. The first-order chi connectivity index (χ1) is 9.11. The van der Waals surface area contributed by atoms with E-state index in [4.69, 9.17) is 17.3 Å². The number of aromatic nitrogens is 2. The minimum absolute atomic E-state index is 0.580. The van der Waals surface area contributed by atoms with Crippen molar-refractivity contribution in [2.75, 3.05) is 25.5 Å². The monoisotopic (exact) mass is 314 g/mol. The summed E-state index contributed by atoms with van der Waals surface area (Å²) in [7, 11) is 3.91. The summed E-state index contributed by atoms with van der Waals surface area (Å²) in [5, 5.41) is 9.96. The van der Waals surface area contributed by atoms with Crippen LogP contribution in [0.1, 0.15) is 5.56 Å². The number of halogens is 1. The van der Waals surface area contributed by atoms with E-state index in [9.17, 15) is 0 Å². The SMILES string of the molecule is CN(C)c1nnc(Sc2cccc(Cl)c2CCN)s1. The van der Waals surface area contributed by atoms with E-state index in [1.165, 1.54) is 0 Å². The van der Waals surface area contributed by atoms with Crippen LogP contribution in [0.2, 0.25) is 5.02 Å². The van der Waals surface area contributed by atoms with Crippen molar-refractivity contribution >= 4 is 39.8 Å². The molecule has 0 unspecified atom stereocenters. The second kappa shape index (κ2) is 6.56. The number of nitrogens with two attached hydrogens (primary N) is 1. The van der Waals surface area contributed by atoms with Gasteiger partial charge in [0, 0.05) is 24.0 Å². The Balaban J connectivity index is 2.24. The Kier molecular flexibility index (Phi) is 5.04. The normalized spacial score (nSPS) is 10.7. The van der Waals surface area contributed by atoms with Crippen LogP contribution >= 0.6 is 34.7 Å². The van der Waals surface area contributed by atoms with E-state index in [0.717, 1.165) is 31.4 Å². The highest BCUT2D eigenvalue weighted by molar-refractivity contribution is 8.01. The molecule has 1 aromatic carbocycles. The van der Waals surface area contributed by atoms with Crippen molar-refractivity contribution in [1.82, 2.24) is 10.2 Å². The lowest BCUT2D eigenvalue weighted by Crippen LogP contribution is -2.07. The maximum atomic E-state index is 6.22. The van der Waals surface area contributed by atoms with Crippen molar-refractivity contribution in [3.63, 3.8) is 0 Å². The molecule has 2 N–H and O–H groups in total. The first kappa shape index (κ1) is 14.6. The standard InChI is InChI=1S/C12H15ClN4S2/c1-17(2)11-15-16-12(19-11)18-10-5-3-4-9(13)8(10)6-7-14/h3-5H,6-7,14H2,1-2H3. The van der Waals surface area contributed by atoms with Gasteiger partial charge in [-0.1, -0.05) is 40.8 Å². The zero-order valence-corrected chi connectivity index (χ0v) is 13.1. The van der Waals surface area contributed by atoms with E-state index in [1.807, 2.05) is 37.2 Å². The molecule has 102 valence electrons. The zero-order valence-electron chi connectivity index (χ0n) is 10.8. The predicted octanol–water partition coefficient (Wildman–Crippen LogP) is 2.91. The fourth-order valence-corrected chi connectivity index (χ4v) is 3.78. The van der Waals surface area contributed by atoms with Crippen molar-refractivity contribution < 1.29 is 0 Å². The molecule has 0 aliphatic heterocycles. The summed E-state index contributed by atoms with van der Waals surface area (Å²) >= 11 is 9.37. The van der Waals surface area contributed by atoms with E-state index in [1.54, 1.807) is 23.1 Å². The molecule has 7 heteroatoms. The lowest BCUT2D eigenvalue weighted by molar-refractivity contribution is 0.941. The fourth-order valence-electron chi connectivity index (χ4n) is 1.54. The molecule has 1 heterocycles. The molecular weight excluding hydrogens is 300 g/mol. The van der Waals surface area contributed by atoms with E-state index in [2.05, 4.69) is 10.2 Å². The van der Waals surface area contributed by atoms with Gasteiger partial charge in [0.05, 0.1) is 0 Å². The second-order valence-corrected chi connectivity index (χ2v) is 6.75. The van der Waals surface area contributed by atoms with Crippen molar-refractivity contribution in [1.29, 1.82) is 0 Å². The molecule has 2 aromatic rings. The lowest BCUT2D eigenvalue weighted by Gasteiger charge is -2.08. The third-order valence-corrected chi connectivity index (χ3v) is 5.04. The average molecular weight is 315 g/mol. The van der Waals surface area contributed by atoms with Crippen LogP contribution in [0.3, 0.4) is 0 Å². The van der Waals surface area contributed by atoms with Gasteiger partial charge in [0.2, 0.25) is 5.13 Å². The quantitative estimate of drug-likeness (QED) is 0.919.